The predicted molar refractivity (Wildman–Crippen MR) is 66.3 cm³/mol. The average molecular weight is 236 g/mol. The van der Waals surface area contributed by atoms with Crippen LogP contribution in [0.5, 0.6) is 0 Å². The van der Waals surface area contributed by atoms with Gasteiger partial charge in [0, 0.05) is 11.4 Å². The number of hydrogen-bond donors (Lipinski definition) is 2. The van der Waals surface area contributed by atoms with E-state index in [0.29, 0.717) is 22.7 Å². The quantitative estimate of drug-likeness (QED) is 0.350. The smallest absolute Gasteiger partial charge is 0.338 e. The molecule has 0 amide bonds. The first-order valence-corrected chi connectivity index (χ1v) is 5.10. The third-order valence-corrected chi connectivity index (χ3v) is 1.88. The molecule has 5 nitrogen and oxygen atoms in total. The molecule has 0 unspecified atom stereocenters. The molecule has 17 heavy (non-hydrogen) atoms. The molecule has 92 valence electrons. The van der Waals surface area contributed by atoms with Gasteiger partial charge < -0.3 is 20.9 Å². The monoisotopic (exact) mass is 236 g/mol. The number of nitrogens with two attached hydrogens (primary N) is 2. The first-order chi connectivity index (χ1) is 7.99. The maximum absolute atomic E-state index is 11.6. The molecule has 0 fully saturated rings. The molecule has 0 aliphatic carbocycles. The number of benzene rings is 1. The fraction of sp³-hybridized carbons (Fsp3) is 0.250. The number of ether oxygens (including phenoxy) is 2. The van der Waals surface area contributed by atoms with Crippen molar-refractivity contribution in [1.29, 1.82) is 0 Å². The molecule has 0 radical (unpaired) electrons. The Morgan fingerprint density at radius 3 is 2.24 bits per heavy atom. The molecule has 4 N–H and O–H groups in total. The maximum Gasteiger partial charge on any atom is 0.338 e. The number of allylic oxidation sites excluding steroid dienone is 1. The molecule has 0 saturated heterocycles. The van der Waals surface area contributed by atoms with Crippen LogP contribution in [0, 0.1) is 0 Å². The van der Waals surface area contributed by atoms with Crippen molar-refractivity contribution >= 4 is 17.3 Å². The zero-order valence-corrected chi connectivity index (χ0v) is 9.73. The Balaban J connectivity index is 2.49. The first kappa shape index (κ1) is 12.9. The van der Waals surface area contributed by atoms with Crippen molar-refractivity contribution < 1.29 is 14.3 Å². The molecule has 0 aromatic heterocycles. The zero-order valence-electron chi connectivity index (χ0n) is 9.73. The maximum atomic E-state index is 11.6. The summed E-state index contributed by atoms with van der Waals surface area (Å²) >= 11 is 0. The van der Waals surface area contributed by atoms with Crippen LogP contribution in [0.25, 0.3) is 0 Å². The SMILES string of the molecule is C=C(C)OCCOC(=O)c1cc(N)cc(N)c1. The van der Waals surface area contributed by atoms with E-state index in [9.17, 15) is 4.79 Å². The molecule has 0 heterocycles. The van der Waals surface area contributed by atoms with E-state index in [1.807, 2.05) is 0 Å². The summed E-state index contributed by atoms with van der Waals surface area (Å²) in [7, 11) is 0. The topological polar surface area (TPSA) is 87.6 Å². The summed E-state index contributed by atoms with van der Waals surface area (Å²) in [6.07, 6.45) is 0. The fourth-order valence-corrected chi connectivity index (χ4v) is 1.23. The molecule has 0 aliphatic heterocycles. The Kier molecular flexibility index (Phi) is 4.39. The van der Waals surface area contributed by atoms with E-state index in [2.05, 4.69) is 6.58 Å². The summed E-state index contributed by atoms with van der Waals surface area (Å²) in [4.78, 5) is 11.6. The van der Waals surface area contributed by atoms with Gasteiger partial charge in [0.2, 0.25) is 0 Å². The molecule has 0 bridgehead atoms. The molecule has 0 aliphatic rings. The highest BCUT2D eigenvalue weighted by atomic mass is 16.6. The lowest BCUT2D eigenvalue weighted by Gasteiger charge is -2.07. The Morgan fingerprint density at radius 1 is 1.18 bits per heavy atom. The average Bonchev–Trinajstić information content (AvgIpc) is 2.22. The van der Waals surface area contributed by atoms with Crippen molar-refractivity contribution in [2.24, 2.45) is 0 Å². The molecule has 1 aromatic rings. The van der Waals surface area contributed by atoms with Crippen molar-refractivity contribution in [3.05, 3.63) is 36.1 Å². The number of nitrogen functional groups attached to an aromatic ring is 2. The number of anilines is 2. The summed E-state index contributed by atoms with van der Waals surface area (Å²) in [5.74, 6) is 0.101. The minimum atomic E-state index is -0.477. The lowest BCUT2D eigenvalue weighted by molar-refractivity contribution is 0.0402. The van der Waals surface area contributed by atoms with Gasteiger partial charge in [-0.3, -0.25) is 0 Å². The number of esters is 1. The summed E-state index contributed by atoms with van der Waals surface area (Å²) in [5, 5.41) is 0. The predicted octanol–water partition coefficient (Wildman–Crippen LogP) is 1.56. The highest BCUT2D eigenvalue weighted by molar-refractivity contribution is 5.91. The van der Waals surface area contributed by atoms with Crippen molar-refractivity contribution in [1.82, 2.24) is 0 Å². The van der Waals surface area contributed by atoms with E-state index >= 15 is 0 Å². The lowest BCUT2D eigenvalue weighted by atomic mass is 10.2. The van der Waals surface area contributed by atoms with Gasteiger partial charge in [0.15, 0.2) is 0 Å². The van der Waals surface area contributed by atoms with Gasteiger partial charge in [-0.2, -0.15) is 0 Å². The van der Waals surface area contributed by atoms with Gasteiger partial charge in [0.05, 0.1) is 11.3 Å². The van der Waals surface area contributed by atoms with Crippen molar-refractivity contribution in [2.45, 2.75) is 6.92 Å². The molecule has 0 spiro atoms. The van der Waals surface area contributed by atoms with E-state index in [1.54, 1.807) is 13.0 Å². The van der Waals surface area contributed by atoms with Crippen LogP contribution in [0.15, 0.2) is 30.5 Å². The molecule has 0 saturated carbocycles. The Morgan fingerprint density at radius 2 is 1.71 bits per heavy atom. The summed E-state index contributed by atoms with van der Waals surface area (Å²) < 4.78 is 10.0. The van der Waals surface area contributed by atoms with Crippen molar-refractivity contribution in [3.63, 3.8) is 0 Å². The third-order valence-electron chi connectivity index (χ3n) is 1.88. The van der Waals surface area contributed by atoms with Crippen molar-refractivity contribution in [2.75, 3.05) is 24.7 Å². The first-order valence-electron chi connectivity index (χ1n) is 5.10. The second-order valence-corrected chi connectivity index (χ2v) is 3.57. The molecule has 0 atom stereocenters. The molecule has 5 heteroatoms. The van der Waals surface area contributed by atoms with Crippen LogP contribution >= 0.6 is 0 Å². The van der Waals surface area contributed by atoms with Crippen LogP contribution < -0.4 is 11.5 Å². The number of hydrogen-bond acceptors (Lipinski definition) is 5. The summed E-state index contributed by atoms with van der Waals surface area (Å²) in [5.41, 5.74) is 12.3. The Bertz CT molecular complexity index is 410. The van der Waals surface area contributed by atoms with E-state index in [0.717, 1.165) is 0 Å². The highest BCUT2D eigenvalue weighted by Crippen LogP contribution is 2.14. The number of carbonyl (C=O) groups is 1. The van der Waals surface area contributed by atoms with E-state index in [4.69, 9.17) is 20.9 Å². The Hall–Kier alpha value is -2.17. The van der Waals surface area contributed by atoms with Crippen molar-refractivity contribution in [3.8, 4) is 0 Å². The highest BCUT2D eigenvalue weighted by Gasteiger charge is 2.08. The van der Waals surface area contributed by atoms with Gasteiger partial charge in [-0.1, -0.05) is 6.58 Å². The zero-order chi connectivity index (χ0) is 12.8. The normalized spacial score (nSPS) is 9.71. The van der Waals surface area contributed by atoms with Crippen LogP contribution in [0.4, 0.5) is 11.4 Å². The Labute approximate surface area is 100.0 Å². The van der Waals surface area contributed by atoms with Crippen LogP contribution in [0.3, 0.4) is 0 Å². The number of rotatable bonds is 5. The largest absolute Gasteiger partial charge is 0.495 e. The van der Waals surface area contributed by atoms with Gasteiger partial charge in [0.1, 0.15) is 13.2 Å². The standard InChI is InChI=1S/C12H16N2O3/c1-8(2)16-3-4-17-12(15)9-5-10(13)7-11(14)6-9/h5-7H,1,3-4,13-14H2,2H3. The second-order valence-electron chi connectivity index (χ2n) is 3.57. The van der Waals surface area contributed by atoms with Gasteiger partial charge in [-0.15, -0.1) is 0 Å². The van der Waals surface area contributed by atoms with Crippen LogP contribution in [-0.4, -0.2) is 19.2 Å². The van der Waals surface area contributed by atoms with E-state index < -0.39 is 5.97 Å². The number of carbonyl (C=O) groups excluding carboxylic acids is 1. The summed E-state index contributed by atoms with van der Waals surface area (Å²) in [6.45, 7) is 5.71. The lowest BCUT2D eigenvalue weighted by Crippen LogP contribution is -2.11. The summed E-state index contributed by atoms with van der Waals surface area (Å²) in [6, 6.07) is 4.59. The van der Waals surface area contributed by atoms with Crippen LogP contribution in [-0.2, 0) is 9.47 Å². The minimum Gasteiger partial charge on any atom is -0.495 e. The molecule has 1 aromatic carbocycles. The molecule has 1 rings (SSSR count). The molecular weight excluding hydrogens is 220 g/mol. The van der Waals surface area contributed by atoms with Gasteiger partial charge in [-0.05, 0) is 25.1 Å². The van der Waals surface area contributed by atoms with Gasteiger partial charge in [0.25, 0.3) is 0 Å². The second kappa shape index (κ2) is 5.79. The van der Waals surface area contributed by atoms with Crippen LogP contribution in [0.1, 0.15) is 17.3 Å². The van der Waals surface area contributed by atoms with Crippen LogP contribution in [0.2, 0.25) is 0 Å². The molecular formula is C12H16N2O3. The van der Waals surface area contributed by atoms with E-state index in [1.165, 1.54) is 12.1 Å². The third kappa shape index (κ3) is 4.46. The fourth-order valence-electron chi connectivity index (χ4n) is 1.23. The van der Waals surface area contributed by atoms with Gasteiger partial charge in [-0.25, -0.2) is 4.79 Å². The minimum absolute atomic E-state index is 0.153. The van der Waals surface area contributed by atoms with E-state index in [-0.39, 0.29) is 13.2 Å². The van der Waals surface area contributed by atoms with Gasteiger partial charge >= 0.3 is 5.97 Å².